The van der Waals surface area contributed by atoms with E-state index < -0.39 is 10.0 Å². The zero-order valence-electron chi connectivity index (χ0n) is 14.1. The molecular formula is C19H18N2O4S. The molecule has 0 aliphatic carbocycles. The van der Waals surface area contributed by atoms with Gasteiger partial charge in [0.1, 0.15) is 18.1 Å². The molecule has 2 N–H and O–H groups in total. The second-order valence-electron chi connectivity index (χ2n) is 6.18. The fourth-order valence-electron chi connectivity index (χ4n) is 3.08. The minimum Gasteiger partial charge on any atom is -0.507 e. The van der Waals surface area contributed by atoms with Crippen LogP contribution in [0.2, 0.25) is 0 Å². The van der Waals surface area contributed by atoms with Crippen molar-refractivity contribution in [1.82, 2.24) is 0 Å². The molecule has 0 atom stereocenters. The lowest BCUT2D eigenvalue weighted by atomic mass is 10.1. The third kappa shape index (κ3) is 2.80. The average molecular weight is 370 g/mol. The summed E-state index contributed by atoms with van der Waals surface area (Å²) in [5.41, 5.74) is 1.16. The van der Waals surface area contributed by atoms with Crippen LogP contribution in [0.1, 0.15) is 0 Å². The third-order valence-electron chi connectivity index (χ3n) is 4.48. The highest BCUT2D eigenvalue weighted by Crippen LogP contribution is 2.35. The van der Waals surface area contributed by atoms with Gasteiger partial charge < -0.3 is 14.7 Å². The zero-order valence-corrected chi connectivity index (χ0v) is 15.0. The molecule has 3 aromatic rings. The molecule has 1 aliphatic rings. The summed E-state index contributed by atoms with van der Waals surface area (Å²) in [6.45, 7) is 1.28. The minimum atomic E-state index is -3.79. The SMILES string of the molecule is CN1CCOc2ccc(S(=O)(=O)Nc3cccc4c(O)cccc34)cc21. The Morgan fingerprint density at radius 1 is 1.08 bits per heavy atom. The Morgan fingerprint density at radius 2 is 1.85 bits per heavy atom. The smallest absolute Gasteiger partial charge is 0.261 e. The normalized spacial score (nSPS) is 14.0. The van der Waals surface area contributed by atoms with E-state index in [1.54, 1.807) is 48.5 Å². The van der Waals surface area contributed by atoms with E-state index in [4.69, 9.17) is 4.74 Å². The highest BCUT2D eigenvalue weighted by molar-refractivity contribution is 7.92. The minimum absolute atomic E-state index is 0.108. The number of phenols is 1. The quantitative estimate of drug-likeness (QED) is 0.740. The van der Waals surface area contributed by atoms with Crippen molar-refractivity contribution < 1.29 is 18.3 Å². The highest BCUT2D eigenvalue weighted by Gasteiger charge is 2.21. The number of anilines is 2. The summed E-state index contributed by atoms with van der Waals surface area (Å²) in [6.07, 6.45) is 0. The van der Waals surface area contributed by atoms with Crippen molar-refractivity contribution in [3.63, 3.8) is 0 Å². The van der Waals surface area contributed by atoms with E-state index >= 15 is 0 Å². The second kappa shape index (κ2) is 6.10. The van der Waals surface area contributed by atoms with Gasteiger partial charge in [-0.15, -0.1) is 0 Å². The summed E-state index contributed by atoms with van der Waals surface area (Å²) in [6, 6.07) is 15.0. The monoisotopic (exact) mass is 370 g/mol. The topological polar surface area (TPSA) is 78.9 Å². The molecule has 1 heterocycles. The number of sulfonamides is 1. The molecule has 0 saturated carbocycles. The standard InChI is InChI=1S/C19H18N2O4S/c1-21-10-11-25-19-9-8-13(12-17(19)21)26(23,24)20-16-6-2-5-15-14(16)4-3-7-18(15)22/h2-9,12,20,22H,10-11H2,1H3. The molecule has 0 aromatic heterocycles. The number of phenolic OH excluding ortho intramolecular Hbond substituents is 1. The van der Waals surface area contributed by atoms with Crippen LogP contribution in [0.15, 0.2) is 59.5 Å². The van der Waals surface area contributed by atoms with Gasteiger partial charge in [0, 0.05) is 17.8 Å². The molecule has 134 valence electrons. The Hall–Kier alpha value is -2.93. The molecule has 3 aromatic carbocycles. The van der Waals surface area contributed by atoms with Gasteiger partial charge in [-0.3, -0.25) is 4.72 Å². The van der Waals surface area contributed by atoms with Gasteiger partial charge in [-0.05, 0) is 30.3 Å². The molecule has 26 heavy (non-hydrogen) atoms. The summed E-state index contributed by atoms with van der Waals surface area (Å²) < 4.78 is 34.0. The molecule has 4 rings (SSSR count). The van der Waals surface area contributed by atoms with Crippen molar-refractivity contribution >= 4 is 32.2 Å². The van der Waals surface area contributed by atoms with Crippen LogP contribution in [0.3, 0.4) is 0 Å². The Balaban J connectivity index is 1.75. The second-order valence-corrected chi connectivity index (χ2v) is 7.87. The number of likely N-dealkylation sites (N-methyl/N-ethyl adjacent to an activating group) is 1. The van der Waals surface area contributed by atoms with Gasteiger partial charge in [0.25, 0.3) is 10.0 Å². The first-order valence-corrected chi connectivity index (χ1v) is 9.65. The zero-order chi connectivity index (χ0) is 18.3. The lowest BCUT2D eigenvalue weighted by molar-refractivity contribution is 0.311. The molecule has 0 fully saturated rings. The molecular weight excluding hydrogens is 352 g/mol. The molecule has 0 saturated heterocycles. The first-order chi connectivity index (χ1) is 12.5. The lowest BCUT2D eigenvalue weighted by Crippen LogP contribution is -2.29. The summed E-state index contributed by atoms with van der Waals surface area (Å²) in [7, 11) is -1.89. The van der Waals surface area contributed by atoms with E-state index in [-0.39, 0.29) is 10.6 Å². The number of fused-ring (bicyclic) bond motifs is 2. The summed E-state index contributed by atoms with van der Waals surface area (Å²) in [5, 5.41) is 11.2. The lowest BCUT2D eigenvalue weighted by Gasteiger charge is -2.28. The van der Waals surface area contributed by atoms with Gasteiger partial charge in [0.2, 0.25) is 0 Å². The summed E-state index contributed by atoms with van der Waals surface area (Å²) in [4.78, 5) is 2.12. The number of aromatic hydroxyl groups is 1. The maximum Gasteiger partial charge on any atom is 0.261 e. The molecule has 0 bridgehead atoms. The number of ether oxygens (including phenoxy) is 1. The fraction of sp³-hybridized carbons (Fsp3) is 0.158. The van der Waals surface area contributed by atoms with Crippen LogP contribution in [-0.2, 0) is 10.0 Å². The first-order valence-electron chi connectivity index (χ1n) is 8.17. The summed E-state index contributed by atoms with van der Waals surface area (Å²) >= 11 is 0. The highest BCUT2D eigenvalue weighted by atomic mass is 32.2. The van der Waals surface area contributed by atoms with Crippen LogP contribution < -0.4 is 14.4 Å². The molecule has 0 unspecified atom stereocenters. The van der Waals surface area contributed by atoms with Gasteiger partial charge in [0.15, 0.2) is 0 Å². The van der Waals surface area contributed by atoms with Crippen LogP contribution >= 0.6 is 0 Å². The number of benzene rings is 3. The van der Waals surface area contributed by atoms with Gasteiger partial charge in [-0.1, -0.05) is 24.3 Å². The van der Waals surface area contributed by atoms with E-state index in [2.05, 4.69) is 4.72 Å². The average Bonchev–Trinajstić information content (AvgIpc) is 2.62. The Bertz CT molecular complexity index is 1100. The molecule has 7 heteroatoms. The van der Waals surface area contributed by atoms with Crippen LogP contribution in [0.5, 0.6) is 11.5 Å². The number of nitrogens with zero attached hydrogens (tertiary/aromatic N) is 1. The molecule has 1 aliphatic heterocycles. The van der Waals surface area contributed by atoms with E-state index in [9.17, 15) is 13.5 Å². The van der Waals surface area contributed by atoms with Crippen molar-refractivity contribution in [2.45, 2.75) is 4.90 Å². The predicted molar refractivity (Wildman–Crippen MR) is 102 cm³/mol. The van der Waals surface area contributed by atoms with Gasteiger partial charge in [-0.2, -0.15) is 0 Å². The maximum absolute atomic E-state index is 12.9. The van der Waals surface area contributed by atoms with Gasteiger partial charge in [0.05, 0.1) is 22.8 Å². The van der Waals surface area contributed by atoms with Crippen LogP contribution in [-0.4, -0.2) is 33.7 Å². The number of hydrogen-bond acceptors (Lipinski definition) is 5. The largest absolute Gasteiger partial charge is 0.507 e. The Morgan fingerprint density at radius 3 is 2.69 bits per heavy atom. The van der Waals surface area contributed by atoms with Gasteiger partial charge in [-0.25, -0.2) is 8.42 Å². The van der Waals surface area contributed by atoms with Crippen LogP contribution in [0.25, 0.3) is 10.8 Å². The van der Waals surface area contributed by atoms with E-state index in [1.165, 1.54) is 6.07 Å². The molecule has 0 spiro atoms. The first kappa shape index (κ1) is 16.5. The van der Waals surface area contributed by atoms with E-state index in [0.29, 0.717) is 35.4 Å². The van der Waals surface area contributed by atoms with Crippen molar-refractivity contribution in [3.8, 4) is 11.5 Å². The van der Waals surface area contributed by atoms with Gasteiger partial charge >= 0.3 is 0 Å². The molecule has 0 amide bonds. The number of hydrogen-bond donors (Lipinski definition) is 2. The van der Waals surface area contributed by atoms with Crippen molar-refractivity contribution in [2.24, 2.45) is 0 Å². The van der Waals surface area contributed by atoms with Crippen molar-refractivity contribution in [2.75, 3.05) is 29.8 Å². The third-order valence-corrected chi connectivity index (χ3v) is 5.84. The van der Waals surface area contributed by atoms with Crippen molar-refractivity contribution in [3.05, 3.63) is 54.6 Å². The fourth-order valence-corrected chi connectivity index (χ4v) is 4.18. The maximum atomic E-state index is 12.9. The number of nitrogens with one attached hydrogen (secondary N) is 1. The molecule has 6 nitrogen and oxygen atoms in total. The van der Waals surface area contributed by atoms with Crippen molar-refractivity contribution in [1.29, 1.82) is 0 Å². The Kier molecular flexibility index (Phi) is 3.88. The summed E-state index contributed by atoms with van der Waals surface area (Å²) in [5.74, 6) is 0.781. The van der Waals surface area contributed by atoms with E-state index in [0.717, 1.165) is 5.69 Å². The predicted octanol–water partition coefficient (Wildman–Crippen LogP) is 3.17. The van der Waals surface area contributed by atoms with E-state index in [1.807, 2.05) is 11.9 Å². The van der Waals surface area contributed by atoms with Crippen LogP contribution in [0.4, 0.5) is 11.4 Å². The Labute approximate surface area is 151 Å². The molecule has 0 radical (unpaired) electrons. The van der Waals surface area contributed by atoms with Crippen LogP contribution in [0, 0.1) is 0 Å². The number of rotatable bonds is 3.